The fourth-order valence-corrected chi connectivity index (χ4v) is 4.25. The molecular weight excluding hydrogens is 384 g/mol. The number of carbonyl (C=O) groups is 3. The van der Waals surface area contributed by atoms with E-state index in [1.807, 2.05) is 19.1 Å². The highest BCUT2D eigenvalue weighted by Gasteiger charge is 2.39. The summed E-state index contributed by atoms with van der Waals surface area (Å²) < 4.78 is 0. The molecule has 0 aromatic heterocycles. The molecule has 1 aromatic rings. The van der Waals surface area contributed by atoms with Gasteiger partial charge in [-0.25, -0.2) is 0 Å². The number of amides is 3. The number of anilines is 1. The minimum atomic E-state index is -1.25. The number of fused-ring (bicyclic) bond motifs is 1. The van der Waals surface area contributed by atoms with E-state index in [9.17, 15) is 14.4 Å². The molecule has 0 radical (unpaired) electrons. The van der Waals surface area contributed by atoms with Crippen molar-refractivity contribution in [3.63, 3.8) is 0 Å². The number of carbonyl (C=O) groups excluding carboxylic acids is 3. The van der Waals surface area contributed by atoms with E-state index in [0.29, 0.717) is 19.3 Å². The molecule has 2 aliphatic heterocycles. The molecule has 162 valence electrons. The van der Waals surface area contributed by atoms with Gasteiger partial charge in [-0.2, -0.15) is 0 Å². The van der Waals surface area contributed by atoms with Gasteiger partial charge in [0.2, 0.25) is 17.7 Å². The van der Waals surface area contributed by atoms with E-state index >= 15 is 0 Å². The Morgan fingerprint density at radius 3 is 2.70 bits per heavy atom. The lowest BCUT2D eigenvalue weighted by Gasteiger charge is -2.39. The van der Waals surface area contributed by atoms with Crippen LogP contribution in [0.4, 0.5) is 5.69 Å². The standard InChI is InChI=1S/C23H30N2O5/c1-14(6-4-3-5-7-22(28)29)16-8-9-18-17(13-16)15(2)12-21(27)25(18)19-10-11-20(26)24-23(19)30/h8-9,13,15,19,22,28-29H,1,3-7,10-12H2,2H3,(H,24,26,30). The average Bonchev–Trinajstić information content (AvgIpc) is 2.68. The fourth-order valence-electron chi connectivity index (χ4n) is 4.25. The lowest BCUT2D eigenvalue weighted by molar-refractivity contribution is -0.136. The molecule has 2 aliphatic rings. The molecule has 7 heteroatoms. The van der Waals surface area contributed by atoms with Crippen molar-refractivity contribution in [1.82, 2.24) is 5.32 Å². The van der Waals surface area contributed by atoms with Crippen molar-refractivity contribution in [1.29, 1.82) is 0 Å². The van der Waals surface area contributed by atoms with E-state index in [-0.39, 0.29) is 24.2 Å². The van der Waals surface area contributed by atoms with Gasteiger partial charge in [0, 0.05) is 18.5 Å². The molecule has 2 unspecified atom stereocenters. The van der Waals surface area contributed by atoms with Crippen molar-refractivity contribution in [2.75, 3.05) is 4.90 Å². The van der Waals surface area contributed by atoms with Crippen molar-refractivity contribution in [3.8, 4) is 0 Å². The van der Waals surface area contributed by atoms with Crippen LogP contribution in [0.15, 0.2) is 24.8 Å². The quantitative estimate of drug-likeness (QED) is 0.344. The molecule has 0 saturated carbocycles. The van der Waals surface area contributed by atoms with E-state index in [1.54, 1.807) is 4.90 Å². The van der Waals surface area contributed by atoms with Crippen LogP contribution in [0.1, 0.15) is 75.3 Å². The number of unbranched alkanes of at least 4 members (excludes halogenated alkanes) is 2. The Balaban J connectivity index is 1.74. The van der Waals surface area contributed by atoms with Gasteiger partial charge < -0.3 is 10.2 Å². The molecule has 0 aliphatic carbocycles. The van der Waals surface area contributed by atoms with Crippen LogP contribution in [-0.4, -0.2) is 40.3 Å². The van der Waals surface area contributed by atoms with Crippen LogP contribution >= 0.6 is 0 Å². The summed E-state index contributed by atoms with van der Waals surface area (Å²) in [7, 11) is 0. The Kier molecular flexibility index (Phi) is 7.05. The highest BCUT2D eigenvalue weighted by atomic mass is 16.5. The van der Waals surface area contributed by atoms with Crippen LogP contribution in [0.3, 0.4) is 0 Å². The van der Waals surface area contributed by atoms with Crippen LogP contribution in [-0.2, 0) is 14.4 Å². The predicted molar refractivity (Wildman–Crippen MR) is 113 cm³/mol. The first-order valence-corrected chi connectivity index (χ1v) is 10.6. The van der Waals surface area contributed by atoms with Crippen LogP contribution in [0.5, 0.6) is 0 Å². The van der Waals surface area contributed by atoms with Crippen LogP contribution in [0.25, 0.3) is 5.57 Å². The van der Waals surface area contributed by atoms with Gasteiger partial charge in [0.25, 0.3) is 0 Å². The summed E-state index contributed by atoms with van der Waals surface area (Å²) in [5.74, 6) is -0.769. The van der Waals surface area contributed by atoms with E-state index < -0.39 is 18.2 Å². The maximum atomic E-state index is 12.8. The van der Waals surface area contributed by atoms with E-state index in [2.05, 4.69) is 18.0 Å². The zero-order valence-electron chi connectivity index (χ0n) is 17.4. The second-order valence-electron chi connectivity index (χ2n) is 8.29. The normalized spacial score (nSPS) is 21.6. The van der Waals surface area contributed by atoms with E-state index in [0.717, 1.165) is 48.1 Å². The Bertz CT molecular complexity index is 848. The fraction of sp³-hybridized carbons (Fsp3) is 0.522. The minimum absolute atomic E-state index is 0.0378. The lowest BCUT2D eigenvalue weighted by atomic mass is 9.86. The van der Waals surface area contributed by atoms with Gasteiger partial charge in [0.15, 0.2) is 6.29 Å². The lowest BCUT2D eigenvalue weighted by Crippen LogP contribution is -2.55. The monoisotopic (exact) mass is 414 g/mol. The first kappa shape index (κ1) is 22.2. The van der Waals surface area contributed by atoms with Crippen LogP contribution in [0, 0.1) is 0 Å². The van der Waals surface area contributed by atoms with E-state index in [1.165, 1.54) is 0 Å². The molecule has 0 bridgehead atoms. The van der Waals surface area contributed by atoms with Gasteiger partial charge in [-0.05, 0) is 66.9 Å². The molecule has 7 nitrogen and oxygen atoms in total. The number of nitrogens with one attached hydrogen (secondary N) is 1. The summed E-state index contributed by atoms with van der Waals surface area (Å²) >= 11 is 0. The maximum absolute atomic E-state index is 12.8. The molecule has 30 heavy (non-hydrogen) atoms. The number of allylic oxidation sites excluding steroid dienone is 1. The molecule has 3 N–H and O–H groups in total. The molecule has 1 saturated heterocycles. The molecular formula is C23H30N2O5. The smallest absolute Gasteiger partial charge is 0.249 e. The van der Waals surface area contributed by atoms with Crippen molar-refractivity contribution in [2.24, 2.45) is 0 Å². The number of piperidine rings is 1. The zero-order chi connectivity index (χ0) is 21.8. The third kappa shape index (κ3) is 4.96. The average molecular weight is 415 g/mol. The largest absolute Gasteiger partial charge is 0.368 e. The molecule has 3 amide bonds. The Morgan fingerprint density at radius 2 is 2.00 bits per heavy atom. The predicted octanol–water partition coefficient (Wildman–Crippen LogP) is 2.61. The first-order valence-electron chi connectivity index (χ1n) is 10.6. The van der Waals surface area contributed by atoms with Crippen molar-refractivity contribution in [3.05, 3.63) is 35.9 Å². The minimum Gasteiger partial charge on any atom is -0.368 e. The summed E-state index contributed by atoms with van der Waals surface area (Å²) in [4.78, 5) is 38.2. The summed E-state index contributed by atoms with van der Waals surface area (Å²) in [6.45, 7) is 6.20. The highest BCUT2D eigenvalue weighted by Crippen LogP contribution is 2.39. The van der Waals surface area contributed by atoms with Crippen molar-refractivity contribution < 1.29 is 24.6 Å². The number of hydrogen-bond donors (Lipinski definition) is 3. The molecule has 2 heterocycles. The third-order valence-electron chi connectivity index (χ3n) is 5.94. The summed E-state index contributed by atoms with van der Waals surface area (Å²) in [5, 5.41) is 20.2. The highest BCUT2D eigenvalue weighted by molar-refractivity contribution is 6.08. The van der Waals surface area contributed by atoms with Gasteiger partial charge >= 0.3 is 0 Å². The molecule has 1 aromatic carbocycles. The summed E-state index contributed by atoms with van der Waals surface area (Å²) in [6.07, 6.45) is 3.41. The maximum Gasteiger partial charge on any atom is 0.249 e. The number of nitrogens with zero attached hydrogens (tertiary/aromatic N) is 1. The molecule has 1 fully saturated rings. The van der Waals surface area contributed by atoms with Crippen LogP contribution < -0.4 is 10.2 Å². The number of benzene rings is 1. The topological polar surface area (TPSA) is 107 Å². The van der Waals surface area contributed by atoms with Crippen LogP contribution in [0.2, 0.25) is 0 Å². The number of imide groups is 1. The third-order valence-corrected chi connectivity index (χ3v) is 5.94. The van der Waals surface area contributed by atoms with Crippen molar-refractivity contribution in [2.45, 2.75) is 76.5 Å². The number of aliphatic hydroxyl groups is 2. The number of hydrogen-bond acceptors (Lipinski definition) is 5. The van der Waals surface area contributed by atoms with E-state index in [4.69, 9.17) is 10.2 Å². The van der Waals surface area contributed by atoms with Gasteiger partial charge in [-0.15, -0.1) is 0 Å². The van der Waals surface area contributed by atoms with Gasteiger partial charge in [-0.1, -0.05) is 26.0 Å². The Labute approximate surface area is 176 Å². The number of rotatable bonds is 8. The Morgan fingerprint density at radius 1 is 1.23 bits per heavy atom. The van der Waals surface area contributed by atoms with Gasteiger partial charge in [0.1, 0.15) is 6.04 Å². The molecule has 0 spiro atoms. The molecule has 2 atom stereocenters. The summed E-state index contributed by atoms with van der Waals surface area (Å²) in [5.41, 5.74) is 3.77. The van der Waals surface area contributed by atoms with Gasteiger partial charge in [0.05, 0.1) is 0 Å². The second-order valence-corrected chi connectivity index (χ2v) is 8.29. The molecule has 3 rings (SSSR count). The van der Waals surface area contributed by atoms with Gasteiger partial charge in [-0.3, -0.25) is 24.6 Å². The van der Waals surface area contributed by atoms with Crippen molar-refractivity contribution >= 4 is 29.0 Å². The second kappa shape index (κ2) is 9.53. The first-order chi connectivity index (χ1) is 14.3. The zero-order valence-corrected chi connectivity index (χ0v) is 17.4. The summed E-state index contributed by atoms with van der Waals surface area (Å²) in [6, 6.07) is 5.22. The Hall–Kier alpha value is -2.51. The number of aliphatic hydroxyl groups excluding tert-OH is 1. The SMILES string of the molecule is C=C(CCCCCC(O)O)c1ccc2c(c1)C(C)CC(=O)N2C1CCC(=O)NC1=O.